The Bertz CT molecular complexity index is 749. The molecule has 0 saturated heterocycles. The van der Waals surface area contributed by atoms with Crippen LogP contribution in [0.1, 0.15) is 85.5 Å². The number of hydrogen-bond donors (Lipinski definition) is 5. The first-order chi connectivity index (χ1) is 16.4. The molecule has 1 fully saturated rings. The summed E-state index contributed by atoms with van der Waals surface area (Å²) in [6.07, 6.45) is 5.33. The zero-order valence-electron chi connectivity index (χ0n) is 21.6. The molecule has 0 unspecified atom stereocenters. The molecule has 10 nitrogen and oxygen atoms in total. The van der Waals surface area contributed by atoms with Gasteiger partial charge in [-0.15, -0.1) is 12.6 Å². The number of ether oxygens (including phenoxy) is 1. The third kappa shape index (κ3) is 12.3. The summed E-state index contributed by atoms with van der Waals surface area (Å²) >= 11 is 3.85. The fourth-order valence-electron chi connectivity index (χ4n) is 3.99. The van der Waals surface area contributed by atoms with Crippen molar-refractivity contribution >= 4 is 41.6 Å². The van der Waals surface area contributed by atoms with Crippen LogP contribution < -0.4 is 21.3 Å². The van der Waals surface area contributed by atoms with Gasteiger partial charge in [0, 0.05) is 13.5 Å². The van der Waals surface area contributed by atoms with E-state index < -0.39 is 46.7 Å². The van der Waals surface area contributed by atoms with Crippen molar-refractivity contribution in [3.8, 4) is 0 Å². The molecule has 4 amide bonds. The number of amides is 4. The lowest BCUT2D eigenvalue weighted by Crippen LogP contribution is -2.56. The SMILES string of the molecule is CC[C@H](NC(=O)OC(C)(C)C)C(=O)N[C@@H](CC1CCCCC1)C(=O)N[C@@H](CCC(=O)NC)C(=O)S. The summed E-state index contributed by atoms with van der Waals surface area (Å²) in [6, 6.07) is -2.74. The molecular weight excluding hydrogens is 472 g/mol. The standard InChI is InChI=1S/C24H42N4O6S/c1-6-16(28-23(33)34-24(2,3)4)20(30)27-18(14-15-10-8-7-9-11-15)21(31)26-17(22(32)35)12-13-19(29)25-5/h15-18H,6-14H2,1-5H3,(H,25,29)(H,26,31)(H,27,30)(H,28,33)(H,32,35)/t16-,17-,18-/m0/s1. The third-order valence-electron chi connectivity index (χ3n) is 5.90. The summed E-state index contributed by atoms with van der Waals surface area (Å²) in [5.41, 5.74) is -0.717. The minimum Gasteiger partial charge on any atom is -0.444 e. The first-order valence-corrected chi connectivity index (χ1v) is 12.8. The molecule has 0 aliphatic heterocycles. The van der Waals surface area contributed by atoms with E-state index in [0.29, 0.717) is 12.8 Å². The number of carbonyl (C=O) groups is 5. The lowest BCUT2D eigenvalue weighted by atomic mass is 9.84. The molecule has 1 aliphatic rings. The van der Waals surface area contributed by atoms with Crippen molar-refractivity contribution in [3.63, 3.8) is 0 Å². The van der Waals surface area contributed by atoms with E-state index in [2.05, 4.69) is 33.9 Å². The van der Waals surface area contributed by atoms with Crippen LogP contribution in [0.15, 0.2) is 0 Å². The Kier molecular flexibility index (Phi) is 13.1. The molecule has 1 saturated carbocycles. The predicted molar refractivity (Wildman–Crippen MR) is 136 cm³/mol. The van der Waals surface area contributed by atoms with E-state index >= 15 is 0 Å². The highest BCUT2D eigenvalue weighted by Gasteiger charge is 2.31. The van der Waals surface area contributed by atoms with Gasteiger partial charge in [0.2, 0.25) is 22.8 Å². The summed E-state index contributed by atoms with van der Waals surface area (Å²) in [5, 5.41) is 9.88. The van der Waals surface area contributed by atoms with Crippen LogP contribution in [0.2, 0.25) is 0 Å². The Balaban J connectivity index is 2.93. The van der Waals surface area contributed by atoms with Gasteiger partial charge in [-0.25, -0.2) is 4.79 Å². The van der Waals surface area contributed by atoms with E-state index in [9.17, 15) is 24.0 Å². The lowest BCUT2D eigenvalue weighted by molar-refractivity contribution is -0.131. The molecule has 0 spiro atoms. The van der Waals surface area contributed by atoms with Crippen LogP contribution in [-0.4, -0.2) is 59.7 Å². The smallest absolute Gasteiger partial charge is 0.408 e. The van der Waals surface area contributed by atoms with Gasteiger partial charge in [0.25, 0.3) is 0 Å². The number of alkyl carbamates (subject to hydrolysis) is 1. The maximum Gasteiger partial charge on any atom is 0.408 e. The summed E-state index contributed by atoms with van der Waals surface area (Å²) < 4.78 is 5.24. The monoisotopic (exact) mass is 514 g/mol. The van der Waals surface area contributed by atoms with E-state index in [4.69, 9.17) is 4.74 Å². The van der Waals surface area contributed by atoms with E-state index in [0.717, 1.165) is 32.1 Å². The van der Waals surface area contributed by atoms with Gasteiger partial charge in [0.05, 0.1) is 6.04 Å². The van der Waals surface area contributed by atoms with E-state index in [1.807, 2.05) is 0 Å². The molecule has 4 N–H and O–H groups in total. The lowest BCUT2D eigenvalue weighted by Gasteiger charge is -2.29. The molecule has 0 aromatic heterocycles. The highest BCUT2D eigenvalue weighted by Crippen LogP contribution is 2.27. The number of nitrogens with one attached hydrogen (secondary N) is 4. The quantitative estimate of drug-likeness (QED) is 0.253. The zero-order chi connectivity index (χ0) is 26.6. The van der Waals surface area contributed by atoms with Gasteiger partial charge in [-0.1, -0.05) is 39.0 Å². The fourth-order valence-corrected chi connectivity index (χ4v) is 4.19. The number of hydrogen-bond acceptors (Lipinski definition) is 6. The van der Waals surface area contributed by atoms with Crippen LogP contribution in [0.5, 0.6) is 0 Å². The fraction of sp³-hybridized carbons (Fsp3) is 0.792. The summed E-state index contributed by atoms with van der Waals surface area (Å²) in [4.78, 5) is 61.9. The van der Waals surface area contributed by atoms with Crippen LogP contribution in [0.4, 0.5) is 4.79 Å². The van der Waals surface area contributed by atoms with Crippen molar-refractivity contribution in [1.29, 1.82) is 0 Å². The van der Waals surface area contributed by atoms with Crippen molar-refractivity contribution in [2.24, 2.45) is 5.92 Å². The summed E-state index contributed by atoms with van der Waals surface area (Å²) in [7, 11) is 1.49. The Morgan fingerprint density at radius 3 is 2.00 bits per heavy atom. The third-order valence-corrected chi connectivity index (χ3v) is 6.21. The Morgan fingerprint density at radius 2 is 1.49 bits per heavy atom. The highest BCUT2D eigenvalue weighted by molar-refractivity contribution is 7.96. The highest BCUT2D eigenvalue weighted by atomic mass is 32.1. The molecule has 0 aromatic rings. The minimum absolute atomic E-state index is 0.0467. The number of carbonyl (C=O) groups excluding carboxylic acids is 5. The van der Waals surface area contributed by atoms with Crippen LogP contribution >= 0.6 is 12.6 Å². The largest absolute Gasteiger partial charge is 0.444 e. The van der Waals surface area contributed by atoms with E-state index in [1.165, 1.54) is 7.05 Å². The van der Waals surface area contributed by atoms with Gasteiger partial charge < -0.3 is 26.0 Å². The molecule has 200 valence electrons. The Labute approximate surface area is 213 Å². The van der Waals surface area contributed by atoms with Gasteiger partial charge >= 0.3 is 6.09 Å². The molecule has 0 aromatic carbocycles. The summed E-state index contributed by atoms with van der Waals surface area (Å²) in [5.74, 6) is -1.02. The van der Waals surface area contributed by atoms with Gasteiger partial charge in [0.15, 0.2) is 0 Å². The van der Waals surface area contributed by atoms with Crippen molar-refractivity contribution < 1.29 is 28.7 Å². The van der Waals surface area contributed by atoms with Gasteiger partial charge in [-0.2, -0.15) is 0 Å². The Morgan fingerprint density at radius 1 is 0.914 bits per heavy atom. The second-order valence-electron chi connectivity index (χ2n) is 10.0. The van der Waals surface area contributed by atoms with Crippen LogP contribution in [-0.2, 0) is 23.9 Å². The Hall–Kier alpha value is -2.30. The van der Waals surface area contributed by atoms with Gasteiger partial charge in [-0.3, -0.25) is 19.2 Å². The van der Waals surface area contributed by atoms with Crippen LogP contribution in [0, 0.1) is 5.92 Å². The van der Waals surface area contributed by atoms with Crippen LogP contribution in [0.25, 0.3) is 0 Å². The average molecular weight is 515 g/mol. The van der Waals surface area contributed by atoms with Crippen molar-refractivity contribution in [2.75, 3.05) is 7.05 Å². The maximum absolute atomic E-state index is 13.2. The molecular formula is C24H42N4O6S. The first kappa shape index (κ1) is 30.7. The topological polar surface area (TPSA) is 143 Å². The van der Waals surface area contributed by atoms with E-state index in [-0.39, 0.29) is 24.7 Å². The summed E-state index contributed by atoms with van der Waals surface area (Å²) in [6.45, 7) is 6.91. The second-order valence-corrected chi connectivity index (χ2v) is 10.5. The first-order valence-electron chi connectivity index (χ1n) is 12.4. The van der Waals surface area contributed by atoms with Gasteiger partial charge in [-0.05, 0) is 46.0 Å². The molecule has 35 heavy (non-hydrogen) atoms. The second kappa shape index (κ2) is 15.0. The van der Waals surface area contributed by atoms with Crippen molar-refractivity contribution in [3.05, 3.63) is 0 Å². The molecule has 1 rings (SSSR count). The van der Waals surface area contributed by atoms with Gasteiger partial charge in [0.1, 0.15) is 17.7 Å². The molecule has 0 radical (unpaired) electrons. The van der Waals surface area contributed by atoms with E-state index in [1.54, 1.807) is 27.7 Å². The van der Waals surface area contributed by atoms with Crippen molar-refractivity contribution in [2.45, 2.75) is 109 Å². The minimum atomic E-state index is -0.962. The van der Waals surface area contributed by atoms with Crippen LogP contribution in [0.3, 0.4) is 0 Å². The molecule has 0 bridgehead atoms. The average Bonchev–Trinajstić information content (AvgIpc) is 2.78. The number of thiol groups is 1. The number of rotatable bonds is 12. The normalized spacial score (nSPS) is 16.9. The molecule has 3 atom stereocenters. The molecule has 1 aliphatic carbocycles. The molecule has 0 heterocycles. The van der Waals surface area contributed by atoms with Crippen molar-refractivity contribution in [1.82, 2.24) is 21.3 Å². The predicted octanol–water partition coefficient (Wildman–Crippen LogP) is 2.21. The molecule has 11 heteroatoms. The maximum atomic E-state index is 13.2. The zero-order valence-corrected chi connectivity index (χ0v) is 22.5.